The van der Waals surface area contributed by atoms with Gasteiger partial charge in [0.1, 0.15) is 12.2 Å². The topological polar surface area (TPSA) is 30.7 Å². The lowest BCUT2D eigenvalue weighted by Crippen LogP contribution is -2.09. The Labute approximate surface area is 109 Å². The molecule has 1 aromatic carbocycles. The van der Waals surface area contributed by atoms with Crippen LogP contribution in [-0.2, 0) is 7.05 Å². The molecule has 0 aliphatic heterocycles. The summed E-state index contributed by atoms with van der Waals surface area (Å²) in [5.41, 5.74) is 1.33. The number of hydrogen-bond donors (Lipinski definition) is 0. The van der Waals surface area contributed by atoms with E-state index in [2.05, 4.69) is 50.4 Å². The van der Waals surface area contributed by atoms with E-state index in [-0.39, 0.29) is 0 Å². The van der Waals surface area contributed by atoms with Crippen LogP contribution in [0.2, 0.25) is 0 Å². The summed E-state index contributed by atoms with van der Waals surface area (Å²) in [6, 6.07) is 8.52. The van der Waals surface area contributed by atoms with Crippen molar-refractivity contribution in [2.75, 3.05) is 0 Å². The lowest BCUT2D eigenvalue weighted by molar-refractivity contribution is 0.623. The van der Waals surface area contributed by atoms with E-state index in [1.165, 1.54) is 18.4 Å². The van der Waals surface area contributed by atoms with Crippen molar-refractivity contribution in [3.63, 3.8) is 0 Å². The van der Waals surface area contributed by atoms with E-state index in [1.54, 1.807) is 6.33 Å². The van der Waals surface area contributed by atoms with E-state index in [0.717, 1.165) is 16.2 Å². The molecule has 1 atom stereocenters. The second-order valence-corrected chi connectivity index (χ2v) is 5.59. The molecule has 1 aromatic heterocycles. The molecule has 0 amide bonds. The lowest BCUT2D eigenvalue weighted by atomic mass is 9.93. The van der Waals surface area contributed by atoms with E-state index < -0.39 is 0 Å². The number of aryl methyl sites for hydroxylation is 1. The van der Waals surface area contributed by atoms with Gasteiger partial charge in [-0.05, 0) is 36.5 Å². The highest BCUT2D eigenvalue weighted by Crippen LogP contribution is 2.45. The number of aromatic nitrogens is 3. The Morgan fingerprint density at radius 2 is 2.24 bits per heavy atom. The summed E-state index contributed by atoms with van der Waals surface area (Å²) in [6.45, 7) is 0. The first-order valence-electron chi connectivity index (χ1n) is 5.85. The molecule has 17 heavy (non-hydrogen) atoms. The Hall–Kier alpha value is -1.16. The third-order valence-electron chi connectivity index (χ3n) is 3.33. The van der Waals surface area contributed by atoms with Crippen LogP contribution in [0.1, 0.15) is 30.1 Å². The second-order valence-electron chi connectivity index (χ2n) is 4.67. The molecule has 2 aromatic rings. The highest BCUT2D eigenvalue weighted by Gasteiger charge is 2.36. The average Bonchev–Trinajstić information content (AvgIpc) is 3.04. The van der Waals surface area contributed by atoms with E-state index in [9.17, 15) is 0 Å². The minimum atomic E-state index is 0.389. The van der Waals surface area contributed by atoms with Crippen molar-refractivity contribution in [3.8, 4) is 0 Å². The minimum absolute atomic E-state index is 0.389. The van der Waals surface area contributed by atoms with Gasteiger partial charge in [0.2, 0.25) is 0 Å². The summed E-state index contributed by atoms with van der Waals surface area (Å²) < 4.78 is 3.16. The summed E-state index contributed by atoms with van der Waals surface area (Å²) in [5, 5.41) is 8.28. The van der Waals surface area contributed by atoms with Crippen molar-refractivity contribution in [3.05, 3.63) is 46.5 Å². The molecule has 1 fully saturated rings. The third-order valence-corrected chi connectivity index (χ3v) is 3.82. The summed E-state index contributed by atoms with van der Waals surface area (Å²) in [6.07, 6.45) is 4.37. The maximum atomic E-state index is 4.28. The molecule has 88 valence electrons. The quantitative estimate of drug-likeness (QED) is 0.870. The van der Waals surface area contributed by atoms with Gasteiger partial charge in [-0.15, -0.1) is 10.2 Å². The summed E-state index contributed by atoms with van der Waals surface area (Å²) >= 11 is 3.54. The van der Waals surface area contributed by atoms with Crippen LogP contribution in [0.25, 0.3) is 0 Å². The van der Waals surface area contributed by atoms with Crippen LogP contribution >= 0.6 is 15.9 Å². The molecule has 1 aliphatic carbocycles. The van der Waals surface area contributed by atoms with Crippen molar-refractivity contribution in [1.29, 1.82) is 0 Å². The van der Waals surface area contributed by atoms with E-state index in [4.69, 9.17) is 0 Å². The van der Waals surface area contributed by atoms with E-state index >= 15 is 0 Å². The molecule has 0 saturated heterocycles. The van der Waals surface area contributed by atoms with Crippen molar-refractivity contribution < 1.29 is 0 Å². The van der Waals surface area contributed by atoms with Crippen molar-refractivity contribution in [1.82, 2.24) is 14.8 Å². The monoisotopic (exact) mass is 291 g/mol. The van der Waals surface area contributed by atoms with Crippen molar-refractivity contribution in [2.24, 2.45) is 13.0 Å². The molecule has 0 bridgehead atoms. The molecule has 1 aliphatic rings. The first kappa shape index (κ1) is 11.0. The predicted octanol–water partition coefficient (Wildman–Crippen LogP) is 3.12. The highest BCUT2D eigenvalue weighted by molar-refractivity contribution is 9.10. The Morgan fingerprint density at radius 3 is 2.82 bits per heavy atom. The fourth-order valence-electron chi connectivity index (χ4n) is 2.34. The van der Waals surface area contributed by atoms with Crippen LogP contribution in [0.5, 0.6) is 0 Å². The predicted molar refractivity (Wildman–Crippen MR) is 69.7 cm³/mol. The Morgan fingerprint density at radius 1 is 1.41 bits per heavy atom. The van der Waals surface area contributed by atoms with Crippen LogP contribution in [0, 0.1) is 5.92 Å². The Kier molecular flexibility index (Phi) is 2.74. The maximum absolute atomic E-state index is 4.28. The van der Waals surface area contributed by atoms with E-state index in [1.807, 2.05) is 11.6 Å². The van der Waals surface area contributed by atoms with Crippen molar-refractivity contribution in [2.45, 2.75) is 18.8 Å². The normalized spacial score (nSPS) is 17.1. The van der Waals surface area contributed by atoms with Crippen molar-refractivity contribution >= 4 is 15.9 Å². The standard InChI is InChI=1S/C13H14BrN3/c1-17-8-15-16-13(17)12(9-5-6-9)10-3-2-4-11(14)7-10/h2-4,7-9,12H,5-6H2,1H3/t12-/m1/s1. The summed E-state index contributed by atoms with van der Waals surface area (Å²) in [7, 11) is 2.02. The molecule has 3 nitrogen and oxygen atoms in total. The fraction of sp³-hybridized carbons (Fsp3) is 0.385. The van der Waals surface area contributed by atoms with E-state index in [0.29, 0.717) is 5.92 Å². The van der Waals surface area contributed by atoms with Crippen LogP contribution in [0.3, 0.4) is 0 Å². The lowest BCUT2D eigenvalue weighted by Gasteiger charge is -2.16. The second kappa shape index (κ2) is 4.26. The first-order valence-corrected chi connectivity index (χ1v) is 6.64. The van der Waals surface area contributed by atoms with Gasteiger partial charge < -0.3 is 4.57 Å². The third kappa shape index (κ3) is 2.14. The van der Waals surface area contributed by atoms with Gasteiger partial charge >= 0.3 is 0 Å². The SMILES string of the molecule is Cn1cnnc1[C@@H](c1cccc(Br)c1)C1CC1. The molecule has 0 radical (unpaired) electrons. The number of rotatable bonds is 3. The van der Waals surface area contributed by atoms with Gasteiger partial charge in [0.05, 0.1) is 0 Å². The van der Waals surface area contributed by atoms with Gasteiger partial charge in [0, 0.05) is 17.4 Å². The molecule has 4 heteroatoms. The largest absolute Gasteiger partial charge is 0.320 e. The molecule has 1 heterocycles. The van der Waals surface area contributed by atoms with Crippen LogP contribution in [0.4, 0.5) is 0 Å². The molecule has 3 rings (SSSR count). The van der Waals surface area contributed by atoms with Gasteiger partial charge in [0.15, 0.2) is 0 Å². The number of halogens is 1. The maximum Gasteiger partial charge on any atom is 0.140 e. The zero-order valence-corrected chi connectivity index (χ0v) is 11.3. The van der Waals surface area contributed by atoms with Crippen LogP contribution in [0.15, 0.2) is 35.1 Å². The Bertz CT molecular complexity index is 531. The zero-order valence-electron chi connectivity index (χ0n) is 9.68. The smallest absolute Gasteiger partial charge is 0.140 e. The van der Waals surface area contributed by atoms with Gasteiger partial charge in [-0.3, -0.25) is 0 Å². The average molecular weight is 292 g/mol. The number of hydrogen-bond acceptors (Lipinski definition) is 2. The van der Waals surface area contributed by atoms with Gasteiger partial charge in [-0.1, -0.05) is 28.1 Å². The van der Waals surface area contributed by atoms with Gasteiger partial charge in [-0.2, -0.15) is 0 Å². The summed E-state index contributed by atoms with van der Waals surface area (Å²) in [4.78, 5) is 0. The molecule has 0 spiro atoms. The molecule has 0 unspecified atom stereocenters. The fourth-order valence-corrected chi connectivity index (χ4v) is 2.75. The Balaban J connectivity index is 2.04. The number of nitrogens with zero attached hydrogens (tertiary/aromatic N) is 3. The van der Waals surface area contributed by atoms with Gasteiger partial charge in [0.25, 0.3) is 0 Å². The zero-order chi connectivity index (χ0) is 11.8. The number of benzene rings is 1. The molecule has 0 N–H and O–H groups in total. The first-order chi connectivity index (χ1) is 8.25. The van der Waals surface area contributed by atoms with Crippen LogP contribution in [-0.4, -0.2) is 14.8 Å². The molecular weight excluding hydrogens is 278 g/mol. The molecule has 1 saturated carbocycles. The van der Waals surface area contributed by atoms with Gasteiger partial charge in [-0.25, -0.2) is 0 Å². The molecular formula is C13H14BrN3. The highest BCUT2D eigenvalue weighted by atomic mass is 79.9. The van der Waals surface area contributed by atoms with Crippen LogP contribution < -0.4 is 0 Å². The minimum Gasteiger partial charge on any atom is -0.320 e. The summed E-state index contributed by atoms with van der Waals surface area (Å²) in [5.74, 6) is 2.19.